The van der Waals surface area contributed by atoms with E-state index in [1.807, 2.05) is 6.92 Å². The number of carboxylic acid groups (broad SMARTS) is 1. The molecule has 6 atom stereocenters. The fourth-order valence-corrected chi connectivity index (χ4v) is 7.66. The Morgan fingerprint density at radius 3 is 2.52 bits per heavy atom. The van der Waals surface area contributed by atoms with E-state index in [0.29, 0.717) is 17.9 Å². The number of hydrogen-bond donors (Lipinski definition) is 3. The van der Waals surface area contributed by atoms with E-state index >= 15 is 0 Å². The van der Waals surface area contributed by atoms with Crippen LogP contribution in [0.4, 0.5) is 0 Å². The van der Waals surface area contributed by atoms with Crippen LogP contribution in [0.25, 0.3) is 0 Å². The molecule has 13 heteroatoms. The first kappa shape index (κ1) is 22.5. The van der Waals surface area contributed by atoms with Crippen LogP contribution in [0.3, 0.4) is 0 Å². The zero-order valence-corrected chi connectivity index (χ0v) is 19.0. The summed E-state index contributed by atoms with van der Waals surface area (Å²) in [5, 5.41) is 22.6. The Morgan fingerprint density at radius 2 is 1.97 bits per heavy atom. The molecule has 0 radical (unpaired) electrons. The van der Waals surface area contributed by atoms with E-state index in [1.54, 1.807) is 0 Å². The average Bonchev–Trinajstić information content (AvgIpc) is 3.31. The van der Waals surface area contributed by atoms with Crippen LogP contribution in [-0.4, -0.2) is 100 Å². The Balaban J connectivity index is 1.48. The van der Waals surface area contributed by atoms with Crippen LogP contribution in [0.1, 0.15) is 20.3 Å². The summed E-state index contributed by atoms with van der Waals surface area (Å²) < 4.78 is 26.6. The second-order valence-electron chi connectivity index (χ2n) is 8.45. The molecular formula is C18H26N4O7S2. The number of nitrogens with zero attached hydrogens (tertiary/aromatic N) is 3. The minimum absolute atomic E-state index is 0.0528. The van der Waals surface area contributed by atoms with Gasteiger partial charge in [-0.05, 0) is 13.3 Å². The SMILES string of the molecule is C[C@H]1C(S[C@@H]2CN[C@H](C(=O)N3CCN(C)S3(=O)=O)C2)=C(C(=O)O)N2C(=O)[C@H]([C@@H](C)O)C12. The van der Waals surface area contributed by atoms with Crippen molar-refractivity contribution in [3.05, 3.63) is 10.6 Å². The normalized spacial score (nSPS) is 36.0. The molecule has 0 spiro atoms. The minimum Gasteiger partial charge on any atom is -0.477 e. The van der Waals surface area contributed by atoms with E-state index < -0.39 is 46.2 Å². The molecule has 3 saturated heterocycles. The summed E-state index contributed by atoms with van der Waals surface area (Å²) in [6, 6.07) is -1.06. The van der Waals surface area contributed by atoms with Crippen molar-refractivity contribution >= 4 is 39.8 Å². The molecule has 31 heavy (non-hydrogen) atoms. The highest BCUT2D eigenvalue weighted by Gasteiger charge is 2.60. The standard InChI is InChI=1S/C18H26N4O7S2/c1-8-13-12(9(2)23)17(25)22(13)14(18(26)27)15(8)30-10-6-11(19-7-10)16(24)21-5-4-20(3)31(21,28)29/h8-13,19,23H,4-7H2,1-3H3,(H,26,27)/t8-,9-,10+,11+,12-,13?/m1/s1. The van der Waals surface area contributed by atoms with Crippen LogP contribution in [0.15, 0.2) is 10.6 Å². The van der Waals surface area contributed by atoms with Crippen molar-refractivity contribution < 1.29 is 33.0 Å². The highest BCUT2D eigenvalue weighted by molar-refractivity contribution is 8.03. The number of aliphatic carboxylic acids is 1. The third-order valence-electron chi connectivity index (χ3n) is 6.53. The molecule has 2 amide bonds. The van der Waals surface area contributed by atoms with E-state index in [0.717, 1.165) is 8.61 Å². The molecule has 0 saturated carbocycles. The number of hydrogen-bond acceptors (Lipinski definition) is 8. The van der Waals surface area contributed by atoms with Crippen LogP contribution < -0.4 is 5.32 Å². The number of thioether (sulfide) groups is 1. The van der Waals surface area contributed by atoms with Gasteiger partial charge in [0.15, 0.2) is 0 Å². The third-order valence-corrected chi connectivity index (χ3v) is 9.93. The molecule has 0 aromatic rings. The quantitative estimate of drug-likeness (QED) is 0.410. The van der Waals surface area contributed by atoms with Gasteiger partial charge in [0.05, 0.1) is 30.7 Å². The largest absolute Gasteiger partial charge is 0.477 e. The number of carbonyl (C=O) groups is 3. The predicted molar refractivity (Wildman–Crippen MR) is 111 cm³/mol. The van der Waals surface area contributed by atoms with Gasteiger partial charge >= 0.3 is 16.2 Å². The number of carbonyl (C=O) groups excluding carboxylic acids is 2. The number of fused-ring (bicyclic) bond motifs is 1. The molecule has 4 aliphatic rings. The maximum atomic E-state index is 12.8. The summed E-state index contributed by atoms with van der Waals surface area (Å²) in [6.07, 6.45) is -0.521. The maximum Gasteiger partial charge on any atom is 0.353 e. The van der Waals surface area contributed by atoms with Crippen molar-refractivity contribution in [1.82, 2.24) is 18.8 Å². The predicted octanol–water partition coefficient (Wildman–Crippen LogP) is -1.38. The molecule has 172 valence electrons. The van der Waals surface area contributed by atoms with Gasteiger partial charge < -0.3 is 20.4 Å². The molecule has 11 nitrogen and oxygen atoms in total. The summed E-state index contributed by atoms with van der Waals surface area (Å²) in [5.41, 5.74) is -0.0528. The number of β-lactam (4-membered cyclic amide) rings is 1. The van der Waals surface area contributed by atoms with Gasteiger partial charge in [0, 0.05) is 36.2 Å². The van der Waals surface area contributed by atoms with Gasteiger partial charge in [0.25, 0.3) is 5.91 Å². The number of carboxylic acids is 1. The molecule has 0 aliphatic carbocycles. The van der Waals surface area contributed by atoms with Crippen LogP contribution in [0.5, 0.6) is 0 Å². The van der Waals surface area contributed by atoms with Gasteiger partial charge in [-0.1, -0.05) is 6.92 Å². The van der Waals surface area contributed by atoms with Crippen LogP contribution in [0.2, 0.25) is 0 Å². The number of likely N-dealkylation sites (N-methyl/N-ethyl adjacent to an activating group) is 1. The van der Waals surface area contributed by atoms with Crippen molar-refractivity contribution in [3.8, 4) is 0 Å². The fraction of sp³-hybridized carbons (Fsp3) is 0.722. The summed E-state index contributed by atoms with van der Waals surface area (Å²) in [7, 11) is -2.36. The highest BCUT2D eigenvalue weighted by Crippen LogP contribution is 2.51. The number of rotatable bonds is 5. The van der Waals surface area contributed by atoms with E-state index in [9.17, 15) is 33.0 Å². The van der Waals surface area contributed by atoms with Gasteiger partial charge in [-0.15, -0.1) is 11.8 Å². The molecule has 1 unspecified atom stereocenters. The molecular weight excluding hydrogens is 448 g/mol. The Labute approximate surface area is 184 Å². The van der Waals surface area contributed by atoms with Crippen molar-refractivity contribution in [2.45, 2.75) is 43.7 Å². The summed E-state index contributed by atoms with van der Waals surface area (Å²) in [4.78, 5) is 38.9. The third kappa shape index (κ3) is 3.37. The molecule has 4 rings (SSSR count). The molecule has 3 fully saturated rings. The lowest BCUT2D eigenvalue weighted by molar-refractivity contribution is -0.163. The first-order chi connectivity index (χ1) is 14.5. The lowest BCUT2D eigenvalue weighted by Crippen LogP contribution is -2.63. The Kier molecular flexibility index (Phi) is 5.61. The van der Waals surface area contributed by atoms with Gasteiger partial charge in [-0.25, -0.2) is 9.10 Å². The Hall–Kier alpha value is -1.67. The fourth-order valence-electron chi connectivity index (χ4n) is 4.87. The van der Waals surface area contributed by atoms with Crippen molar-refractivity contribution in [3.63, 3.8) is 0 Å². The first-order valence-electron chi connectivity index (χ1n) is 10.1. The summed E-state index contributed by atoms with van der Waals surface area (Å²) >= 11 is 1.32. The Morgan fingerprint density at radius 1 is 1.29 bits per heavy atom. The molecule has 3 N–H and O–H groups in total. The van der Waals surface area contributed by atoms with E-state index in [1.165, 1.54) is 30.6 Å². The zero-order valence-electron chi connectivity index (χ0n) is 17.4. The molecule has 0 aromatic heterocycles. The van der Waals surface area contributed by atoms with E-state index in [4.69, 9.17) is 0 Å². The smallest absolute Gasteiger partial charge is 0.353 e. The molecule has 0 aromatic carbocycles. The van der Waals surface area contributed by atoms with Gasteiger partial charge in [-0.2, -0.15) is 12.7 Å². The van der Waals surface area contributed by atoms with E-state index in [-0.39, 0.29) is 35.9 Å². The van der Waals surface area contributed by atoms with E-state index in [2.05, 4.69) is 5.32 Å². The van der Waals surface area contributed by atoms with Gasteiger partial charge in [0.1, 0.15) is 5.70 Å². The highest BCUT2D eigenvalue weighted by atomic mass is 32.2. The average molecular weight is 475 g/mol. The number of amides is 2. The van der Waals surface area contributed by atoms with Crippen LogP contribution in [0, 0.1) is 11.8 Å². The lowest BCUT2D eigenvalue weighted by Gasteiger charge is -2.46. The van der Waals surface area contributed by atoms with Crippen molar-refractivity contribution in [1.29, 1.82) is 0 Å². The molecule has 4 heterocycles. The molecule has 0 bridgehead atoms. The Bertz CT molecular complexity index is 966. The minimum atomic E-state index is -3.78. The van der Waals surface area contributed by atoms with Gasteiger partial charge in [-0.3, -0.25) is 9.59 Å². The molecule has 4 aliphatic heterocycles. The van der Waals surface area contributed by atoms with Crippen molar-refractivity contribution in [2.75, 3.05) is 26.7 Å². The lowest BCUT2D eigenvalue weighted by atomic mass is 9.79. The second-order valence-corrected chi connectivity index (χ2v) is 11.7. The second kappa shape index (κ2) is 7.73. The monoisotopic (exact) mass is 474 g/mol. The summed E-state index contributed by atoms with van der Waals surface area (Å²) in [6.45, 7) is 4.14. The van der Waals surface area contributed by atoms with Crippen LogP contribution >= 0.6 is 11.8 Å². The maximum absolute atomic E-state index is 12.8. The number of aliphatic hydroxyl groups is 1. The summed E-state index contributed by atoms with van der Waals surface area (Å²) in [5.74, 6) is -2.97. The van der Waals surface area contributed by atoms with Crippen molar-refractivity contribution in [2.24, 2.45) is 11.8 Å². The zero-order chi connectivity index (χ0) is 22.8. The number of nitrogens with one attached hydrogen (secondary N) is 1. The number of aliphatic hydroxyl groups excluding tert-OH is 1. The first-order valence-corrected chi connectivity index (χ1v) is 12.4. The van der Waals surface area contributed by atoms with Crippen LogP contribution in [-0.2, 0) is 24.6 Å². The topological polar surface area (TPSA) is 148 Å². The van der Waals surface area contributed by atoms with Gasteiger partial charge in [0.2, 0.25) is 5.91 Å².